The molecule has 2 rings (SSSR count). The van der Waals surface area contributed by atoms with Gasteiger partial charge < -0.3 is 5.73 Å². The first-order valence-corrected chi connectivity index (χ1v) is 6.66. The third kappa shape index (κ3) is 2.23. The van der Waals surface area contributed by atoms with E-state index in [1.165, 1.54) is 12.8 Å². The lowest BCUT2D eigenvalue weighted by Gasteiger charge is -2.12. The van der Waals surface area contributed by atoms with Crippen molar-refractivity contribution in [2.24, 2.45) is 0 Å². The van der Waals surface area contributed by atoms with Gasteiger partial charge in [0.15, 0.2) is 0 Å². The summed E-state index contributed by atoms with van der Waals surface area (Å²) in [5.74, 6) is 0. The number of hydrogen-bond acceptors (Lipinski definition) is 2. The summed E-state index contributed by atoms with van der Waals surface area (Å²) in [7, 11) is -0.861. The van der Waals surface area contributed by atoms with Gasteiger partial charge in [-0.3, -0.25) is 4.21 Å². The van der Waals surface area contributed by atoms with Crippen LogP contribution in [-0.2, 0) is 10.8 Å². The maximum absolute atomic E-state index is 12.3. The molecule has 1 aromatic rings. The Labute approximate surface area is 93.3 Å². The Morgan fingerprint density at radius 3 is 2.67 bits per heavy atom. The highest BCUT2D eigenvalue weighted by Crippen LogP contribution is 2.28. The van der Waals surface area contributed by atoms with E-state index in [9.17, 15) is 4.21 Å². The smallest absolute Gasteiger partial charge is 0.0564 e. The summed E-state index contributed by atoms with van der Waals surface area (Å²) in [6.45, 7) is 2.00. The van der Waals surface area contributed by atoms with Gasteiger partial charge >= 0.3 is 0 Å². The molecule has 3 heteroatoms. The average molecular weight is 223 g/mol. The van der Waals surface area contributed by atoms with Crippen LogP contribution >= 0.6 is 0 Å². The molecule has 0 aliphatic heterocycles. The zero-order valence-electron chi connectivity index (χ0n) is 9.03. The molecule has 1 saturated carbocycles. The van der Waals surface area contributed by atoms with Crippen molar-refractivity contribution in [3.8, 4) is 0 Å². The summed E-state index contributed by atoms with van der Waals surface area (Å²) in [6.07, 6.45) is 4.64. The highest BCUT2D eigenvalue weighted by atomic mass is 32.2. The molecule has 0 spiro atoms. The summed E-state index contributed by atoms with van der Waals surface area (Å²) in [6, 6.07) is 5.69. The van der Waals surface area contributed by atoms with Crippen molar-refractivity contribution in [2.45, 2.75) is 42.8 Å². The molecule has 82 valence electrons. The van der Waals surface area contributed by atoms with Crippen molar-refractivity contribution >= 4 is 16.5 Å². The molecule has 15 heavy (non-hydrogen) atoms. The number of hydrogen-bond donors (Lipinski definition) is 1. The van der Waals surface area contributed by atoms with Crippen LogP contribution in [-0.4, -0.2) is 9.46 Å². The third-order valence-corrected chi connectivity index (χ3v) is 4.98. The van der Waals surface area contributed by atoms with Crippen LogP contribution in [0.5, 0.6) is 0 Å². The molecule has 1 atom stereocenters. The molecule has 0 radical (unpaired) electrons. The summed E-state index contributed by atoms with van der Waals surface area (Å²) in [4.78, 5) is 0.932. The maximum atomic E-state index is 12.3. The van der Waals surface area contributed by atoms with Gasteiger partial charge in [-0.1, -0.05) is 18.9 Å². The van der Waals surface area contributed by atoms with E-state index in [1.807, 2.05) is 25.1 Å². The van der Waals surface area contributed by atoms with E-state index in [0.29, 0.717) is 10.9 Å². The van der Waals surface area contributed by atoms with Crippen molar-refractivity contribution in [1.29, 1.82) is 0 Å². The first-order valence-electron chi connectivity index (χ1n) is 5.45. The van der Waals surface area contributed by atoms with Gasteiger partial charge in [-0.25, -0.2) is 0 Å². The van der Waals surface area contributed by atoms with Crippen LogP contribution in [0.4, 0.5) is 5.69 Å². The number of benzene rings is 1. The zero-order chi connectivity index (χ0) is 10.8. The highest BCUT2D eigenvalue weighted by molar-refractivity contribution is 7.85. The van der Waals surface area contributed by atoms with E-state index in [1.54, 1.807) is 0 Å². The highest BCUT2D eigenvalue weighted by Gasteiger charge is 2.23. The summed E-state index contributed by atoms with van der Waals surface area (Å²) >= 11 is 0. The number of anilines is 1. The van der Waals surface area contributed by atoms with E-state index in [2.05, 4.69) is 0 Å². The molecule has 1 fully saturated rings. The molecule has 0 aromatic heterocycles. The number of rotatable bonds is 2. The fourth-order valence-electron chi connectivity index (χ4n) is 2.12. The Morgan fingerprint density at radius 2 is 2.00 bits per heavy atom. The quantitative estimate of drug-likeness (QED) is 0.783. The van der Waals surface area contributed by atoms with Crippen LogP contribution in [0.3, 0.4) is 0 Å². The zero-order valence-corrected chi connectivity index (χ0v) is 9.85. The van der Waals surface area contributed by atoms with Crippen LogP contribution in [0, 0.1) is 6.92 Å². The molecule has 1 aliphatic carbocycles. The minimum Gasteiger partial charge on any atom is -0.399 e. The Balaban J connectivity index is 2.27. The van der Waals surface area contributed by atoms with E-state index in [0.717, 1.165) is 23.3 Å². The van der Waals surface area contributed by atoms with Crippen molar-refractivity contribution in [3.63, 3.8) is 0 Å². The third-order valence-electron chi connectivity index (χ3n) is 3.03. The summed E-state index contributed by atoms with van der Waals surface area (Å²) < 4.78 is 12.3. The fourth-order valence-corrected chi connectivity index (χ4v) is 3.87. The second-order valence-electron chi connectivity index (χ2n) is 4.23. The first kappa shape index (κ1) is 10.7. The molecular formula is C12H17NOS. The predicted molar refractivity (Wildman–Crippen MR) is 64.3 cm³/mol. The second kappa shape index (κ2) is 4.35. The van der Waals surface area contributed by atoms with Gasteiger partial charge in [-0.15, -0.1) is 0 Å². The minimum absolute atomic E-state index is 0.352. The van der Waals surface area contributed by atoms with Crippen LogP contribution in [0.1, 0.15) is 31.2 Å². The predicted octanol–water partition coefficient (Wildman–Crippen LogP) is 2.63. The van der Waals surface area contributed by atoms with Gasteiger partial charge in [-0.05, 0) is 37.5 Å². The molecule has 1 aromatic carbocycles. The van der Waals surface area contributed by atoms with Crippen molar-refractivity contribution in [3.05, 3.63) is 23.8 Å². The van der Waals surface area contributed by atoms with Crippen molar-refractivity contribution < 1.29 is 4.21 Å². The molecular weight excluding hydrogens is 206 g/mol. The van der Waals surface area contributed by atoms with Crippen LogP contribution in [0.15, 0.2) is 23.1 Å². The standard InChI is InChI=1S/C12H17NOS/c1-9-6-7-10(13)8-12(9)15(14)11-4-2-3-5-11/h6-8,11H,2-5,13H2,1H3. The lowest BCUT2D eigenvalue weighted by atomic mass is 10.2. The Hall–Kier alpha value is -0.830. The molecule has 1 aliphatic rings. The van der Waals surface area contributed by atoms with Crippen molar-refractivity contribution in [2.75, 3.05) is 5.73 Å². The molecule has 0 heterocycles. The normalized spacial score (nSPS) is 19.3. The van der Waals surface area contributed by atoms with E-state index in [4.69, 9.17) is 5.73 Å². The Kier molecular flexibility index (Phi) is 3.10. The molecule has 1 unspecified atom stereocenters. The lowest BCUT2D eigenvalue weighted by molar-refractivity contribution is 0.668. The van der Waals surface area contributed by atoms with Crippen LogP contribution < -0.4 is 5.73 Å². The van der Waals surface area contributed by atoms with Gasteiger partial charge in [-0.2, -0.15) is 0 Å². The van der Waals surface area contributed by atoms with Gasteiger partial charge in [0.25, 0.3) is 0 Å². The SMILES string of the molecule is Cc1ccc(N)cc1S(=O)C1CCCC1. The van der Waals surface area contributed by atoms with Crippen LogP contribution in [0.2, 0.25) is 0 Å². The lowest BCUT2D eigenvalue weighted by Crippen LogP contribution is -2.11. The summed E-state index contributed by atoms with van der Waals surface area (Å²) in [5.41, 5.74) is 7.53. The number of nitrogen functional groups attached to an aromatic ring is 1. The molecule has 0 amide bonds. The van der Waals surface area contributed by atoms with Gasteiger partial charge in [0.1, 0.15) is 0 Å². The van der Waals surface area contributed by atoms with E-state index >= 15 is 0 Å². The first-order chi connectivity index (χ1) is 7.18. The maximum Gasteiger partial charge on any atom is 0.0564 e. The van der Waals surface area contributed by atoms with Gasteiger partial charge in [0.05, 0.1) is 10.8 Å². The largest absolute Gasteiger partial charge is 0.399 e. The second-order valence-corrected chi connectivity index (χ2v) is 5.93. The number of nitrogens with two attached hydrogens (primary N) is 1. The molecule has 0 bridgehead atoms. The van der Waals surface area contributed by atoms with Crippen LogP contribution in [0.25, 0.3) is 0 Å². The topological polar surface area (TPSA) is 43.1 Å². The summed E-state index contributed by atoms with van der Waals surface area (Å²) in [5, 5.41) is 0.352. The Bertz CT molecular complexity index is 383. The average Bonchev–Trinajstić information content (AvgIpc) is 2.74. The molecule has 2 N–H and O–H groups in total. The van der Waals surface area contributed by atoms with E-state index in [-0.39, 0.29) is 0 Å². The fraction of sp³-hybridized carbons (Fsp3) is 0.500. The molecule has 0 saturated heterocycles. The monoisotopic (exact) mass is 223 g/mol. The van der Waals surface area contributed by atoms with E-state index < -0.39 is 10.8 Å². The van der Waals surface area contributed by atoms with Crippen molar-refractivity contribution in [1.82, 2.24) is 0 Å². The minimum atomic E-state index is -0.861. The Morgan fingerprint density at radius 1 is 1.33 bits per heavy atom. The van der Waals surface area contributed by atoms with Gasteiger partial charge in [0, 0.05) is 15.8 Å². The number of aryl methyl sites for hydroxylation is 1. The molecule has 2 nitrogen and oxygen atoms in total. The van der Waals surface area contributed by atoms with Gasteiger partial charge in [0.2, 0.25) is 0 Å².